The predicted molar refractivity (Wildman–Crippen MR) is 77.8 cm³/mol. The van der Waals surface area contributed by atoms with E-state index in [4.69, 9.17) is 0 Å². The lowest BCUT2D eigenvalue weighted by atomic mass is 10.1. The second-order valence-electron chi connectivity index (χ2n) is 4.86. The smallest absolute Gasteiger partial charge is 0.238 e. The monoisotopic (exact) mass is 308 g/mol. The SMILES string of the molecule is Cc1ccc(CNCC(=O)Nc2ccc(F)c(F)c2F)cc1. The minimum absolute atomic E-state index is 0.0771. The molecule has 2 aromatic carbocycles. The number of nitrogens with one attached hydrogen (secondary N) is 2. The van der Waals surface area contributed by atoms with Crippen LogP contribution in [0, 0.1) is 24.4 Å². The number of hydrogen-bond donors (Lipinski definition) is 2. The van der Waals surface area contributed by atoms with E-state index in [0.717, 1.165) is 23.3 Å². The van der Waals surface area contributed by atoms with Crippen molar-refractivity contribution in [2.24, 2.45) is 0 Å². The molecule has 22 heavy (non-hydrogen) atoms. The molecule has 1 amide bonds. The lowest BCUT2D eigenvalue weighted by molar-refractivity contribution is -0.115. The van der Waals surface area contributed by atoms with Gasteiger partial charge in [0.2, 0.25) is 5.91 Å². The van der Waals surface area contributed by atoms with E-state index in [1.807, 2.05) is 31.2 Å². The molecular formula is C16H15F3N2O. The van der Waals surface area contributed by atoms with E-state index in [0.29, 0.717) is 6.54 Å². The zero-order valence-electron chi connectivity index (χ0n) is 11.9. The maximum atomic E-state index is 13.4. The molecule has 3 nitrogen and oxygen atoms in total. The molecule has 0 heterocycles. The molecule has 6 heteroatoms. The van der Waals surface area contributed by atoms with Crippen molar-refractivity contribution < 1.29 is 18.0 Å². The van der Waals surface area contributed by atoms with Crippen LogP contribution in [0.3, 0.4) is 0 Å². The molecule has 0 spiro atoms. The fraction of sp³-hybridized carbons (Fsp3) is 0.188. The van der Waals surface area contributed by atoms with Gasteiger partial charge in [-0.05, 0) is 24.6 Å². The molecular weight excluding hydrogens is 293 g/mol. The van der Waals surface area contributed by atoms with Gasteiger partial charge in [0.15, 0.2) is 17.5 Å². The Morgan fingerprint density at radius 2 is 1.68 bits per heavy atom. The largest absolute Gasteiger partial charge is 0.322 e. The highest BCUT2D eigenvalue weighted by molar-refractivity contribution is 5.92. The second-order valence-corrected chi connectivity index (χ2v) is 4.86. The molecule has 0 aromatic heterocycles. The molecule has 0 aliphatic rings. The molecule has 0 fully saturated rings. The summed E-state index contributed by atoms with van der Waals surface area (Å²) in [5, 5.41) is 5.07. The van der Waals surface area contributed by atoms with E-state index in [1.54, 1.807) is 0 Å². The number of rotatable bonds is 5. The highest BCUT2D eigenvalue weighted by atomic mass is 19.2. The van der Waals surface area contributed by atoms with Gasteiger partial charge in [-0.25, -0.2) is 13.2 Å². The number of halogens is 3. The quantitative estimate of drug-likeness (QED) is 0.833. The Labute approximate surface area is 126 Å². The number of amides is 1. The van der Waals surface area contributed by atoms with Crippen LogP contribution in [0.15, 0.2) is 36.4 Å². The third-order valence-corrected chi connectivity index (χ3v) is 3.04. The number of aryl methyl sites for hydroxylation is 1. The van der Waals surface area contributed by atoms with Gasteiger partial charge in [-0.2, -0.15) is 0 Å². The summed E-state index contributed by atoms with van der Waals surface area (Å²) >= 11 is 0. The second kappa shape index (κ2) is 7.09. The summed E-state index contributed by atoms with van der Waals surface area (Å²) in [6, 6.07) is 9.49. The zero-order chi connectivity index (χ0) is 16.1. The van der Waals surface area contributed by atoms with Crippen molar-refractivity contribution >= 4 is 11.6 Å². The van der Waals surface area contributed by atoms with Crippen molar-refractivity contribution in [3.8, 4) is 0 Å². The zero-order valence-corrected chi connectivity index (χ0v) is 11.9. The van der Waals surface area contributed by atoms with Crippen LogP contribution in [-0.2, 0) is 11.3 Å². The number of carbonyl (C=O) groups is 1. The fourth-order valence-corrected chi connectivity index (χ4v) is 1.84. The third-order valence-electron chi connectivity index (χ3n) is 3.04. The Kier molecular flexibility index (Phi) is 5.16. The van der Waals surface area contributed by atoms with Crippen molar-refractivity contribution in [3.05, 3.63) is 65.0 Å². The Hall–Kier alpha value is -2.34. The summed E-state index contributed by atoms with van der Waals surface area (Å²) in [7, 11) is 0. The number of benzene rings is 2. The summed E-state index contributed by atoms with van der Waals surface area (Å²) in [4.78, 5) is 11.6. The van der Waals surface area contributed by atoms with E-state index in [9.17, 15) is 18.0 Å². The molecule has 0 unspecified atom stereocenters. The van der Waals surface area contributed by atoms with Gasteiger partial charge >= 0.3 is 0 Å². The molecule has 0 aliphatic heterocycles. The van der Waals surface area contributed by atoms with Crippen LogP contribution in [-0.4, -0.2) is 12.5 Å². The number of hydrogen-bond acceptors (Lipinski definition) is 2. The molecule has 116 valence electrons. The topological polar surface area (TPSA) is 41.1 Å². The van der Waals surface area contributed by atoms with Gasteiger partial charge in [0.25, 0.3) is 0 Å². The van der Waals surface area contributed by atoms with Crippen molar-refractivity contribution in [1.82, 2.24) is 5.32 Å². The summed E-state index contributed by atoms with van der Waals surface area (Å²) in [5.41, 5.74) is 1.74. The van der Waals surface area contributed by atoms with E-state index < -0.39 is 23.4 Å². The Bertz CT molecular complexity index is 672. The minimum atomic E-state index is -1.61. The maximum Gasteiger partial charge on any atom is 0.238 e. The average Bonchev–Trinajstić information content (AvgIpc) is 2.50. The summed E-state index contributed by atoms with van der Waals surface area (Å²) in [5.74, 6) is -4.86. The van der Waals surface area contributed by atoms with Gasteiger partial charge < -0.3 is 10.6 Å². The highest BCUT2D eigenvalue weighted by Gasteiger charge is 2.14. The molecule has 0 saturated carbocycles. The summed E-state index contributed by atoms with van der Waals surface area (Å²) < 4.78 is 39.2. The Morgan fingerprint density at radius 3 is 2.36 bits per heavy atom. The van der Waals surface area contributed by atoms with Crippen LogP contribution in [0.1, 0.15) is 11.1 Å². The Balaban J connectivity index is 1.86. The molecule has 2 rings (SSSR count). The lowest BCUT2D eigenvalue weighted by Gasteiger charge is -2.08. The van der Waals surface area contributed by atoms with Gasteiger partial charge in [0.1, 0.15) is 0 Å². The molecule has 0 saturated heterocycles. The highest BCUT2D eigenvalue weighted by Crippen LogP contribution is 2.19. The van der Waals surface area contributed by atoms with Crippen LogP contribution < -0.4 is 10.6 Å². The van der Waals surface area contributed by atoms with Crippen LogP contribution in [0.4, 0.5) is 18.9 Å². The van der Waals surface area contributed by atoms with Gasteiger partial charge in [-0.3, -0.25) is 4.79 Å². The number of anilines is 1. The molecule has 2 aromatic rings. The molecule has 2 N–H and O–H groups in total. The van der Waals surface area contributed by atoms with E-state index in [2.05, 4.69) is 10.6 Å². The molecule has 0 bridgehead atoms. The first-order valence-electron chi connectivity index (χ1n) is 6.67. The van der Waals surface area contributed by atoms with Crippen molar-refractivity contribution in [2.75, 3.05) is 11.9 Å². The summed E-state index contributed by atoms with van der Waals surface area (Å²) in [6.07, 6.45) is 0. The van der Waals surface area contributed by atoms with E-state index in [1.165, 1.54) is 0 Å². The normalized spacial score (nSPS) is 10.5. The Morgan fingerprint density at radius 1 is 1.00 bits per heavy atom. The summed E-state index contributed by atoms with van der Waals surface area (Å²) in [6.45, 7) is 2.36. The standard InChI is InChI=1S/C16H15F3N2O/c1-10-2-4-11(5-3-10)8-20-9-14(22)21-13-7-6-12(17)15(18)16(13)19/h2-7,20H,8-9H2,1H3,(H,21,22). The first-order valence-corrected chi connectivity index (χ1v) is 6.67. The van der Waals surface area contributed by atoms with E-state index >= 15 is 0 Å². The van der Waals surface area contributed by atoms with Gasteiger partial charge in [-0.1, -0.05) is 29.8 Å². The molecule has 0 radical (unpaired) electrons. The van der Waals surface area contributed by atoms with Crippen LogP contribution >= 0.6 is 0 Å². The van der Waals surface area contributed by atoms with Gasteiger partial charge in [-0.15, -0.1) is 0 Å². The van der Waals surface area contributed by atoms with Gasteiger partial charge in [0.05, 0.1) is 12.2 Å². The first kappa shape index (κ1) is 16.0. The average molecular weight is 308 g/mol. The lowest BCUT2D eigenvalue weighted by Crippen LogP contribution is -2.28. The molecule has 0 aliphatic carbocycles. The molecule has 0 atom stereocenters. The van der Waals surface area contributed by atoms with Gasteiger partial charge in [0, 0.05) is 6.54 Å². The van der Waals surface area contributed by atoms with Crippen molar-refractivity contribution in [2.45, 2.75) is 13.5 Å². The van der Waals surface area contributed by atoms with Crippen molar-refractivity contribution in [3.63, 3.8) is 0 Å². The minimum Gasteiger partial charge on any atom is -0.322 e. The number of carbonyl (C=O) groups excluding carboxylic acids is 1. The third kappa shape index (κ3) is 4.08. The maximum absolute atomic E-state index is 13.4. The fourth-order valence-electron chi connectivity index (χ4n) is 1.84. The van der Waals surface area contributed by atoms with Crippen LogP contribution in [0.2, 0.25) is 0 Å². The van der Waals surface area contributed by atoms with Crippen LogP contribution in [0.5, 0.6) is 0 Å². The van der Waals surface area contributed by atoms with E-state index in [-0.39, 0.29) is 12.2 Å². The predicted octanol–water partition coefficient (Wildman–Crippen LogP) is 3.14. The van der Waals surface area contributed by atoms with Crippen molar-refractivity contribution in [1.29, 1.82) is 0 Å². The first-order chi connectivity index (χ1) is 10.5. The van der Waals surface area contributed by atoms with Crippen LogP contribution in [0.25, 0.3) is 0 Å².